The Morgan fingerprint density at radius 3 is 1.02 bits per heavy atom. The van der Waals surface area contributed by atoms with Gasteiger partial charge in [-0.15, -0.1) is 0 Å². The Morgan fingerprint density at radius 1 is 0.172 bits per heavy atom. The third kappa shape index (κ3) is 16.1. The molecule has 8 aliphatic carbocycles. The van der Waals surface area contributed by atoms with E-state index in [-0.39, 0.29) is 0 Å². The molecule has 640 valence electrons. The van der Waals surface area contributed by atoms with Gasteiger partial charge in [0.25, 0.3) is 0 Å². The zero-order chi connectivity index (χ0) is 90.3. The number of aromatic nitrogens is 8. The summed E-state index contributed by atoms with van der Waals surface area (Å²) < 4.78 is 0. The van der Waals surface area contributed by atoms with E-state index in [1.54, 1.807) is 0 Å². The second kappa shape index (κ2) is 35.3. The highest BCUT2D eigenvalue weighted by Gasteiger charge is 2.31. The fourth-order valence-electron chi connectivity index (χ4n) is 20.7. The minimum atomic E-state index is 0.992. The highest BCUT2D eigenvalue weighted by Crippen LogP contribution is 2.48. The molecule has 0 aliphatic heterocycles. The number of hydrogen-bond donors (Lipinski definition) is 0. The first kappa shape index (κ1) is 87.1. The number of rotatable bonds is 0. The lowest BCUT2D eigenvalue weighted by molar-refractivity contribution is 1.04. The van der Waals surface area contributed by atoms with Crippen LogP contribution in [-0.2, 0) is 51.4 Å². The molecule has 0 N–H and O–H groups in total. The molecule has 0 atom stereocenters. The van der Waals surface area contributed by atoms with Crippen LogP contribution in [0.1, 0.15) is 224 Å². The van der Waals surface area contributed by atoms with E-state index in [2.05, 4.69) is 354 Å². The van der Waals surface area contributed by atoms with Crippen LogP contribution < -0.4 is 0 Å². The second-order valence-corrected chi connectivity index (χ2v) is 37.3. The van der Waals surface area contributed by atoms with Gasteiger partial charge in [-0.2, -0.15) is 0 Å². The first-order chi connectivity index (χ1) is 61.4. The van der Waals surface area contributed by atoms with Crippen molar-refractivity contribution >= 4 is 0 Å². The third-order valence-electron chi connectivity index (χ3n) is 29.2. The summed E-state index contributed by atoms with van der Waals surface area (Å²) in [6, 6.07) is 57.0. The zero-order valence-corrected chi connectivity index (χ0v) is 79.7. The molecule has 24 rings (SSSR count). The van der Waals surface area contributed by atoms with Gasteiger partial charge in [0.05, 0.1) is 39.9 Å². The highest BCUT2D eigenvalue weighted by atomic mass is 14.8. The predicted molar refractivity (Wildman–Crippen MR) is 534 cm³/mol. The topological polar surface area (TPSA) is 103 Å². The van der Waals surface area contributed by atoms with Crippen molar-refractivity contribution < 1.29 is 0 Å². The largest absolute Gasteiger partial charge is 0.261 e. The molecule has 0 bridgehead atoms. The smallest absolute Gasteiger partial charge is 0.0532 e. The first-order valence-corrected chi connectivity index (χ1v) is 45.8. The molecule has 8 nitrogen and oxygen atoms in total. The summed E-state index contributed by atoms with van der Waals surface area (Å²) in [5, 5.41) is 0. The summed E-state index contributed by atoms with van der Waals surface area (Å²) in [6.07, 6.45) is 20.0. The Hall–Kier alpha value is -13.0. The van der Waals surface area contributed by atoms with E-state index < -0.39 is 0 Å². The lowest BCUT2D eigenvalue weighted by atomic mass is 9.95. The van der Waals surface area contributed by atoms with Crippen LogP contribution in [0.2, 0.25) is 0 Å². The normalized spacial score (nSPS) is 12.4. The maximum atomic E-state index is 4.77. The van der Waals surface area contributed by atoms with Gasteiger partial charge in [-0.05, 0) is 372 Å². The summed E-state index contributed by atoms with van der Waals surface area (Å²) in [5.74, 6) is 0. The van der Waals surface area contributed by atoms with Gasteiger partial charge in [0, 0.05) is 145 Å². The lowest BCUT2D eigenvalue weighted by Gasteiger charge is -2.12. The molecule has 0 spiro atoms. The van der Waals surface area contributed by atoms with E-state index in [0.29, 0.717) is 0 Å². The van der Waals surface area contributed by atoms with Gasteiger partial charge in [-0.3, -0.25) is 39.9 Å². The maximum absolute atomic E-state index is 4.77. The molecule has 8 aromatic carbocycles. The van der Waals surface area contributed by atoms with E-state index in [1.165, 1.54) is 307 Å². The van der Waals surface area contributed by atoms with Crippen LogP contribution in [-0.4, -0.2) is 39.9 Å². The summed E-state index contributed by atoms with van der Waals surface area (Å²) in [5.41, 5.74) is 75.6. The second-order valence-electron chi connectivity index (χ2n) is 37.3. The zero-order valence-electron chi connectivity index (χ0n) is 79.7. The van der Waals surface area contributed by atoms with Crippen molar-refractivity contribution in [3.63, 3.8) is 0 Å². The molecule has 0 unspecified atom stereocenters. The van der Waals surface area contributed by atoms with Crippen molar-refractivity contribution in [2.24, 2.45) is 0 Å². The van der Waals surface area contributed by atoms with Gasteiger partial charge < -0.3 is 0 Å². The van der Waals surface area contributed by atoms with Crippen LogP contribution in [0.25, 0.3) is 89.0 Å². The molecule has 0 amide bonds. The number of hydrogen-bond acceptors (Lipinski definition) is 8. The quantitative estimate of drug-likeness (QED) is 0.148. The van der Waals surface area contributed by atoms with Crippen molar-refractivity contribution in [3.05, 3.63) is 419 Å². The molecule has 8 aliphatic rings. The third-order valence-corrected chi connectivity index (χ3v) is 29.2. The Morgan fingerprint density at radius 2 is 0.500 bits per heavy atom. The van der Waals surface area contributed by atoms with Crippen LogP contribution in [0.3, 0.4) is 0 Å². The Kier molecular flexibility index (Phi) is 24.0. The Labute approximate surface area is 760 Å². The molecule has 0 fully saturated rings. The van der Waals surface area contributed by atoms with Crippen LogP contribution in [0.5, 0.6) is 0 Å². The van der Waals surface area contributed by atoms with Gasteiger partial charge in [0.1, 0.15) is 0 Å². The Balaban J connectivity index is 0.000000103. The predicted octanol–water partition coefficient (Wildman–Crippen LogP) is 28.6. The van der Waals surface area contributed by atoms with Crippen molar-refractivity contribution in [3.8, 4) is 89.0 Å². The van der Waals surface area contributed by atoms with Crippen molar-refractivity contribution in [2.45, 2.75) is 218 Å². The van der Waals surface area contributed by atoms with Crippen molar-refractivity contribution in [2.75, 3.05) is 0 Å². The fourth-order valence-corrected chi connectivity index (χ4v) is 20.7. The van der Waals surface area contributed by atoms with Crippen LogP contribution in [0.15, 0.2) is 195 Å². The van der Waals surface area contributed by atoms with Gasteiger partial charge in [0.2, 0.25) is 0 Å². The average Bonchev–Trinajstić information content (AvgIpc) is 1.58. The fraction of sp³-hybridized carbons (Fsp3) is 0.267. The van der Waals surface area contributed by atoms with E-state index in [0.717, 1.165) is 57.1 Å². The van der Waals surface area contributed by atoms with E-state index in [1.807, 2.05) is 37.2 Å². The molecule has 0 saturated heterocycles. The number of pyridine rings is 8. The standard InChI is InChI=1S/C16H17N.6C15H15N.C14H13N/c1-9-6-5-7-13-8-14-16(15(9)13)11(3)10(2)12(4)17-14;1-9-4-5-13-12(6-9)7-14-15(13)11(3)10(2)8-16-14;1-9-4-5-12-7-14-15(13(12)6-9)11(3)10(2)8-16-14;1-9-5-4-6-13-14(9)7-12-8-16-11(3)10(2)15(12)13;1-9-5-4-6-12-13(9)7-14-15(12)11(3)10(2)8-16-14;1-9-5-4-6-12-7-13-15(14(9)12)11(3)10(2)8-16-13;1-9-10(2)15-13-7-5-4-6-12(13)8-14(15)16-11(9)3;1-9-8-15-13-7-11-5-3-4-6-12(11)14(13)10(9)2/h5-7H,8H2,1-4H3;5*4-6,8H,7H2,1-3H3;4-7H,8H2,1-3H3;3-6,8H,7H2,1-2H3. The summed E-state index contributed by atoms with van der Waals surface area (Å²) in [6.45, 7) is 52.0. The molecule has 8 aromatic heterocycles. The molecule has 8 heteroatoms. The van der Waals surface area contributed by atoms with Gasteiger partial charge >= 0.3 is 0 Å². The number of aryl methyl sites for hydroxylation is 14. The van der Waals surface area contributed by atoms with Gasteiger partial charge in [0.15, 0.2) is 0 Å². The van der Waals surface area contributed by atoms with Gasteiger partial charge in [-0.1, -0.05) is 169 Å². The molecular formula is C120H120N8. The van der Waals surface area contributed by atoms with Crippen LogP contribution >= 0.6 is 0 Å². The number of fused-ring (bicyclic) bond motifs is 24. The van der Waals surface area contributed by atoms with E-state index in [9.17, 15) is 0 Å². The molecule has 0 radical (unpaired) electrons. The summed E-state index contributed by atoms with van der Waals surface area (Å²) >= 11 is 0. The van der Waals surface area contributed by atoms with Crippen molar-refractivity contribution in [1.82, 2.24) is 39.9 Å². The van der Waals surface area contributed by atoms with E-state index in [4.69, 9.17) is 9.97 Å². The van der Waals surface area contributed by atoms with Crippen LogP contribution in [0, 0.1) is 166 Å². The maximum Gasteiger partial charge on any atom is 0.0532 e. The minimum absolute atomic E-state index is 0.992. The summed E-state index contributed by atoms with van der Waals surface area (Å²) in [4.78, 5) is 36.8. The van der Waals surface area contributed by atoms with Crippen molar-refractivity contribution in [1.29, 1.82) is 0 Å². The average molecular weight is 1670 g/mol. The molecule has 16 aromatic rings. The van der Waals surface area contributed by atoms with E-state index >= 15 is 0 Å². The number of nitrogens with zero attached hydrogens (tertiary/aromatic N) is 8. The molecule has 0 saturated carbocycles. The molecule has 128 heavy (non-hydrogen) atoms. The lowest BCUT2D eigenvalue weighted by Crippen LogP contribution is -1.98. The molecular weight excluding hydrogens is 1550 g/mol. The molecule has 8 heterocycles. The van der Waals surface area contributed by atoms with Crippen LogP contribution in [0.4, 0.5) is 0 Å². The monoisotopic (exact) mass is 1670 g/mol. The highest BCUT2D eigenvalue weighted by molar-refractivity contribution is 5.87. The summed E-state index contributed by atoms with van der Waals surface area (Å²) in [7, 11) is 0. The number of benzene rings is 8. The minimum Gasteiger partial charge on any atom is -0.261 e. The van der Waals surface area contributed by atoms with Gasteiger partial charge in [-0.25, -0.2) is 0 Å². The Bertz CT molecular complexity index is 7090. The first-order valence-electron chi connectivity index (χ1n) is 45.8. The SMILES string of the molecule is Cc1ccc2c(c1)-c1c(ncc(C)c1C)C2.Cc1ccc2c(c1)Cc1ncc(C)c(C)c1-2.Cc1cccc2c1-c1c(nc(C)c(C)c1C)C2.Cc1cccc2c1Cc1cnc(C)c(C)c1-2.Cc1cnc2c(c1C)-c1c(C)cccc1C2.Cc1cnc2c(c1C)-c1cccc(C)c1C2.Cc1cnc2c(c1C)-c1ccccc1C2.Cc1nc2c(c(C)c1C)-c1ccccc1C2.